The predicted molar refractivity (Wildman–Crippen MR) is 78.4 cm³/mol. The summed E-state index contributed by atoms with van der Waals surface area (Å²) in [5.41, 5.74) is 0.845. The zero-order valence-electron chi connectivity index (χ0n) is 12.2. The largest absolute Gasteiger partial charge is 0.480 e. The van der Waals surface area contributed by atoms with Crippen LogP contribution in [0.1, 0.15) is 31.7 Å². The summed E-state index contributed by atoms with van der Waals surface area (Å²) in [6.45, 7) is 2.31. The minimum Gasteiger partial charge on any atom is -0.480 e. The van der Waals surface area contributed by atoms with E-state index in [4.69, 9.17) is 9.84 Å². The Morgan fingerprint density at radius 2 is 1.95 bits per heavy atom. The molecule has 0 heterocycles. The van der Waals surface area contributed by atoms with Gasteiger partial charge >= 0.3 is 5.97 Å². The van der Waals surface area contributed by atoms with Crippen molar-refractivity contribution in [1.29, 1.82) is 0 Å². The second kappa shape index (κ2) is 8.11. The van der Waals surface area contributed by atoms with Gasteiger partial charge in [-0.05, 0) is 24.1 Å². The van der Waals surface area contributed by atoms with Crippen molar-refractivity contribution in [3.8, 4) is 0 Å². The maximum atomic E-state index is 12.2. The highest BCUT2D eigenvalue weighted by Crippen LogP contribution is 2.13. The van der Waals surface area contributed by atoms with Crippen molar-refractivity contribution in [2.24, 2.45) is 0 Å². The summed E-state index contributed by atoms with van der Waals surface area (Å²) in [5, 5.41) is 9.08. The Bertz CT molecular complexity index is 553. The molecule has 0 spiro atoms. The molecule has 0 radical (unpaired) electrons. The van der Waals surface area contributed by atoms with Crippen molar-refractivity contribution in [1.82, 2.24) is 4.72 Å². The number of benzene rings is 1. The van der Waals surface area contributed by atoms with Crippen molar-refractivity contribution in [2.75, 3.05) is 7.11 Å². The molecule has 0 saturated carbocycles. The number of unbranched alkanes of at least 4 members (excludes halogenated alkanes) is 1. The molecule has 0 amide bonds. The van der Waals surface area contributed by atoms with Crippen LogP contribution in [0.15, 0.2) is 29.2 Å². The van der Waals surface area contributed by atoms with Gasteiger partial charge in [-0.1, -0.05) is 31.9 Å². The average Bonchev–Trinajstić information content (AvgIpc) is 2.44. The Morgan fingerprint density at radius 1 is 1.33 bits per heavy atom. The molecule has 7 heteroatoms. The van der Waals surface area contributed by atoms with E-state index >= 15 is 0 Å². The van der Waals surface area contributed by atoms with Crippen LogP contribution in [0.2, 0.25) is 0 Å². The molecule has 1 atom stereocenters. The summed E-state index contributed by atoms with van der Waals surface area (Å²) < 4.78 is 31.5. The van der Waals surface area contributed by atoms with E-state index in [2.05, 4.69) is 4.72 Å². The van der Waals surface area contributed by atoms with E-state index in [1.165, 1.54) is 12.1 Å². The summed E-state index contributed by atoms with van der Waals surface area (Å²) in [6, 6.07) is 5.05. The van der Waals surface area contributed by atoms with E-state index in [-0.39, 0.29) is 11.3 Å². The Morgan fingerprint density at radius 3 is 2.43 bits per heavy atom. The van der Waals surface area contributed by atoms with Crippen LogP contribution >= 0.6 is 0 Å². The number of nitrogens with one attached hydrogen (secondary N) is 1. The van der Waals surface area contributed by atoms with Crippen molar-refractivity contribution < 1.29 is 23.1 Å². The fraction of sp³-hybridized carbons (Fsp3) is 0.500. The highest BCUT2D eigenvalue weighted by Gasteiger charge is 2.24. The number of carboxylic acid groups (broad SMARTS) is 1. The van der Waals surface area contributed by atoms with Gasteiger partial charge in [0.25, 0.3) is 0 Å². The average molecular weight is 315 g/mol. The van der Waals surface area contributed by atoms with Crippen LogP contribution in [0.5, 0.6) is 0 Å². The van der Waals surface area contributed by atoms with Gasteiger partial charge in [-0.2, -0.15) is 4.72 Å². The van der Waals surface area contributed by atoms with Gasteiger partial charge in [-0.25, -0.2) is 8.42 Å². The van der Waals surface area contributed by atoms with Gasteiger partial charge in [-0.3, -0.25) is 4.79 Å². The summed E-state index contributed by atoms with van der Waals surface area (Å²) in [4.78, 5) is 11.2. The Hall–Kier alpha value is -1.44. The minimum absolute atomic E-state index is 0.0464. The topological polar surface area (TPSA) is 92.7 Å². The standard InChI is InChI=1S/C14H21NO5S/c1-3-4-5-13(14(16)17)15-21(18,19)12-8-6-11(7-9-12)10-20-2/h6-9,13,15H,3-5,10H2,1-2H3,(H,16,17)/t13-/m0/s1. The fourth-order valence-corrected chi connectivity index (χ4v) is 3.05. The van der Waals surface area contributed by atoms with Crippen LogP contribution in [0.4, 0.5) is 0 Å². The van der Waals surface area contributed by atoms with Gasteiger partial charge in [0, 0.05) is 7.11 Å². The summed E-state index contributed by atoms with van der Waals surface area (Å²) >= 11 is 0. The van der Waals surface area contributed by atoms with Crippen LogP contribution in [-0.4, -0.2) is 32.6 Å². The molecule has 6 nitrogen and oxygen atoms in total. The lowest BCUT2D eigenvalue weighted by Crippen LogP contribution is -2.40. The zero-order chi connectivity index (χ0) is 15.9. The third-order valence-corrected chi connectivity index (χ3v) is 4.47. The summed E-state index contributed by atoms with van der Waals surface area (Å²) in [7, 11) is -2.29. The molecule has 0 bridgehead atoms. The van der Waals surface area contributed by atoms with E-state index in [0.29, 0.717) is 13.0 Å². The molecule has 1 aromatic carbocycles. The number of aliphatic carboxylic acids is 1. The van der Waals surface area contributed by atoms with Gasteiger partial charge in [-0.15, -0.1) is 0 Å². The molecule has 1 rings (SSSR count). The van der Waals surface area contributed by atoms with Gasteiger partial charge in [0.15, 0.2) is 0 Å². The molecular weight excluding hydrogens is 294 g/mol. The first-order valence-corrected chi connectivity index (χ1v) is 8.22. The van der Waals surface area contributed by atoms with Crippen LogP contribution in [0.3, 0.4) is 0 Å². The number of hydrogen-bond acceptors (Lipinski definition) is 4. The van der Waals surface area contributed by atoms with Crippen LogP contribution in [0, 0.1) is 0 Å². The van der Waals surface area contributed by atoms with E-state index in [9.17, 15) is 13.2 Å². The number of ether oxygens (including phenoxy) is 1. The molecule has 0 unspecified atom stereocenters. The molecule has 0 aliphatic carbocycles. The van der Waals surface area contributed by atoms with Gasteiger partial charge in [0.2, 0.25) is 10.0 Å². The van der Waals surface area contributed by atoms with E-state index in [0.717, 1.165) is 12.0 Å². The molecule has 0 aliphatic rings. The fourth-order valence-electron chi connectivity index (χ4n) is 1.83. The predicted octanol–water partition coefficient (Wildman–Crippen LogP) is 1.75. The molecule has 0 saturated heterocycles. The number of carboxylic acids is 1. The maximum absolute atomic E-state index is 12.2. The summed E-state index contributed by atoms with van der Waals surface area (Å²) in [6.07, 6.45) is 1.72. The monoisotopic (exact) mass is 315 g/mol. The molecule has 118 valence electrons. The summed E-state index contributed by atoms with van der Waals surface area (Å²) in [5.74, 6) is -1.16. The van der Waals surface area contributed by atoms with Gasteiger partial charge < -0.3 is 9.84 Å². The van der Waals surface area contributed by atoms with Crippen LogP contribution in [0.25, 0.3) is 0 Å². The lowest BCUT2D eigenvalue weighted by Gasteiger charge is -2.14. The van der Waals surface area contributed by atoms with Crippen molar-refractivity contribution >= 4 is 16.0 Å². The second-order valence-corrected chi connectivity index (χ2v) is 6.45. The van der Waals surface area contributed by atoms with E-state index in [1.54, 1.807) is 19.2 Å². The molecule has 0 aromatic heterocycles. The number of methoxy groups -OCH3 is 1. The van der Waals surface area contributed by atoms with Gasteiger partial charge in [0.05, 0.1) is 11.5 Å². The maximum Gasteiger partial charge on any atom is 0.321 e. The van der Waals surface area contributed by atoms with Crippen molar-refractivity contribution in [2.45, 2.75) is 43.7 Å². The SMILES string of the molecule is CCCC[C@H](NS(=O)(=O)c1ccc(COC)cc1)C(=O)O. The molecule has 0 fully saturated rings. The zero-order valence-corrected chi connectivity index (χ0v) is 13.0. The number of sulfonamides is 1. The Kier molecular flexibility index (Phi) is 6.80. The Labute approximate surface area is 125 Å². The Balaban J connectivity index is 2.85. The highest BCUT2D eigenvalue weighted by molar-refractivity contribution is 7.89. The molecule has 1 aromatic rings. The first-order valence-electron chi connectivity index (χ1n) is 6.73. The molecule has 0 aliphatic heterocycles. The van der Waals surface area contributed by atoms with E-state index < -0.39 is 22.0 Å². The second-order valence-electron chi connectivity index (χ2n) is 4.73. The minimum atomic E-state index is -3.84. The van der Waals surface area contributed by atoms with Gasteiger partial charge in [0.1, 0.15) is 6.04 Å². The lowest BCUT2D eigenvalue weighted by molar-refractivity contribution is -0.139. The third-order valence-electron chi connectivity index (χ3n) is 2.99. The van der Waals surface area contributed by atoms with Crippen molar-refractivity contribution in [3.05, 3.63) is 29.8 Å². The van der Waals surface area contributed by atoms with Crippen LogP contribution in [-0.2, 0) is 26.2 Å². The molecular formula is C14H21NO5S. The van der Waals surface area contributed by atoms with E-state index in [1.807, 2.05) is 6.92 Å². The first kappa shape index (κ1) is 17.6. The number of carbonyl (C=O) groups is 1. The first-order chi connectivity index (χ1) is 9.90. The quantitative estimate of drug-likeness (QED) is 0.724. The normalized spacial score (nSPS) is 13.0. The highest BCUT2D eigenvalue weighted by atomic mass is 32.2. The smallest absolute Gasteiger partial charge is 0.321 e. The third kappa shape index (κ3) is 5.45. The lowest BCUT2D eigenvalue weighted by atomic mass is 10.1. The molecule has 2 N–H and O–H groups in total. The molecule has 21 heavy (non-hydrogen) atoms. The van der Waals surface area contributed by atoms with Crippen molar-refractivity contribution in [3.63, 3.8) is 0 Å². The van der Waals surface area contributed by atoms with Crippen LogP contribution < -0.4 is 4.72 Å². The number of rotatable bonds is 9. The number of hydrogen-bond donors (Lipinski definition) is 2.